The van der Waals surface area contributed by atoms with Gasteiger partial charge in [-0.2, -0.15) is 0 Å². The van der Waals surface area contributed by atoms with Crippen LogP contribution in [-0.2, 0) is 4.79 Å². The van der Waals surface area contributed by atoms with Gasteiger partial charge in [0.05, 0.1) is 12.1 Å². The van der Waals surface area contributed by atoms with Gasteiger partial charge in [0.2, 0.25) is 5.91 Å². The molecule has 0 bridgehead atoms. The van der Waals surface area contributed by atoms with Crippen molar-refractivity contribution in [3.8, 4) is 0 Å². The Balaban J connectivity index is 2.29. The molecule has 0 aliphatic carbocycles. The van der Waals surface area contributed by atoms with Gasteiger partial charge in [-0.05, 0) is 33.0 Å². The van der Waals surface area contributed by atoms with Crippen LogP contribution in [0.5, 0.6) is 0 Å². The predicted octanol–water partition coefficient (Wildman–Crippen LogP) is -0.0989. The summed E-state index contributed by atoms with van der Waals surface area (Å²) in [7, 11) is 2.05. The molecule has 1 heterocycles. The first kappa shape index (κ1) is 15.4. The highest BCUT2D eigenvalue weighted by Crippen LogP contribution is 2.20. The van der Waals surface area contributed by atoms with Crippen molar-refractivity contribution in [3.63, 3.8) is 0 Å². The fourth-order valence-corrected chi connectivity index (χ4v) is 2.18. The smallest absolute Gasteiger partial charge is 0.234 e. The molecular formula is C13H27N3O2. The molecule has 5 nitrogen and oxygen atoms in total. The van der Waals surface area contributed by atoms with Gasteiger partial charge in [0.15, 0.2) is 0 Å². The summed E-state index contributed by atoms with van der Waals surface area (Å²) in [5, 5.41) is 13.2. The summed E-state index contributed by atoms with van der Waals surface area (Å²) in [6.45, 7) is 8.41. The standard InChI is InChI=1S/C13H27N3O2/c1-4-16(5-2)10-12(17)14-11-13(18)6-8-15(3)9-7-13/h18H,4-11H2,1-3H3,(H,14,17). The molecule has 18 heavy (non-hydrogen) atoms. The largest absolute Gasteiger partial charge is 0.388 e. The van der Waals surface area contributed by atoms with E-state index < -0.39 is 5.60 Å². The molecule has 1 rings (SSSR count). The number of likely N-dealkylation sites (N-methyl/N-ethyl adjacent to an activating group) is 1. The van der Waals surface area contributed by atoms with Gasteiger partial charge in [-0.1, -0.05) is 13.8 Å². The van der Waals surface area contributed by atoms with Gasteiger partial charge in [0.1, 0.15) is 0 Å². The second-order valence-corrected chi connectivity index (χ2v) is 5.27. The Morgan fingerprint density at radius 1 is 1.33 bits per heavy atom. The Bertz CT molecular complexity index is 259. The van der Waals surface area contributed by atoms with Gasteiger partial charge in [-0.15, -0.1) is 0 Å². The molecule has 0 saturated carbocycles. The van der Waals surface area contributed by atoms with Crippen molar-refractivity contribution in [2.45, 2.75) is 32.3 Å². The van der Waals surface area contributed by atoms with Crippen LogP contribution in [0.15, 0.2) is 0 Å². The van der Waals surface area contributed by atoms with E-state index in [2.05, 4.69) is 22.2 Å². The lowest BCUT2D eigenvalue weighted by Gasteiger charge is -2.36. The van der Waals surface area contributed by atoms with E-state index in [1.807, 2.05) is 13.8 Å². The van der Waals surface area contributed by atoms with E-state index >= 15 is 0 Å². The van der Waals surface area contributed by atoms with Crippen molar-refractivity contribution in [3.05, 3.63) is 0 Å². The highest BCUT2D eigenvalue weighted by molar-refractivity contribution is 5.78. The zero-order chi connectivity index (χ0) is 13.6. The van der Waals surface area contributed by atoms with Crippen molar-refractivity contribution < 1.29 is 9.90 Å². The van der Waals surface area contributed by atoms with E-state index in [0.29, 0.717) is 13.1 Å². The van der Waals surface area contributed by atoms with Gasteiger partial charge in [0, 0.05) is 19.6 Å². The topological polar surface area (TPSA) is 55.8 Å². The lowest BCUT2D eigenvalue weighted by molar-refractivity contribution is -0.124. The van der Waals surface area contributed by atoms with Crippen molar-refractivity contribution in [1.29, 1.82) is 0 Å². The second-order valence-electron chi connectivity index (χ2n) is 5.27. The Hall–Kier alpha value is -0.650. The molecule has 1 saturated heterocycles. The summed E-state index contributed by atoms with van der Waals surface area (Å²) in [6, 6.07) is 0. The maximum Gasteiger partial charge on any atom is 0.234 e. The van der Waals surface area contributed by atoms with Crippen LogP contribution >= 0.6 is 0 Å². The first-order valence-corrected chi connectivity index (χ1v) is 6.89. The summed E-state index contributed by atoms with van der Waals surface area (Å²) in [5.74, 6) is 0.00560. The third kappa shape index (κ3) is 4.92. The lowest BCUT2D eigenvalue weighted by Crippen LogP contribution is -2.51. The summed E-state index contributed by atoms with van der Waals surface area (Å²) in [6.07, 6.45) is 1.46. The number of carbonyl (C=O) groups is 1. The van der Waals surface area contributed by atoms with Gasteiger partial charge in [0.25, 0.3) is 0 Å². The lowest BCUT2D eigenvalue weighted by atomic mass is 9.91. The van der Waals surface area contributed by atoms with Gasteiger partial charge >= 0.3 is 0 Å². The number of carbonyl (C=O) groups excluding carboxylic acids is 1. The second kappa shape index (κ2) is 7.07. The molecule has 1 amide bonds. The highest BCUT2D eigenvalue weighted by Gasteiger charge is 2.31. The van der Waals surface area contributed by atoms with Crippen LogP contribution in [-0.4, -0.2) is 72.7 Å². The monoisotopic (exact) mass is 257 g/mol. The molecule has 5 heteroatoms. The molecule has 0 aromatic rings. The average Bonchev–Trinajstić information content (AvgIpc) is 2.37. The van der Waals surface area contributed by atoms with E-state index in [0.717, 1.165) is 39.0 Å². The van der Waals surface area contributed by atoms with Crippen LogP contribution in [0.1, 0.15) is 26.7 Å². The molecule has 0 radical (unpaired) electrons. The van der Waals surface area contributed by atoms with Crippen molar-refractivity contribution in [1.82, 2.24) is 15.1 Å². The average molecular weight is 257 g/mol. The van der Waals surface area contributed by atoms with E-state index in [1.165, 1.54) is 0 Å². The maximum atomic E-state index is 11.7. The number of likely N-dealkylation sites (tertiary alicyclic amines) is 1. The third-order valence-electron chi connectivity index (χ3n) is 3.79. The van der Waals surface area contributed by atoms with Crippen LogP contribution < -0.4 is 5.32 Å². The minimum atomic E-state index is -0.717. The summed E-state index contributed by atoms with van der Waals surface area (Å²) >= 11 is 0. The maximum absolute atomic E-state index is 11.7. The van der Waals surface area contributed by atoms with Gasteiger partial charge < -0.3 is 15.3 Å². The molecule has 1 aliphatic rings. The number of rotatable bonds is 6. The summed E-state index contributed by atoms with van der Waals surface area (Å²) in [5.41, 5.74) is -0.717. The highest BCUT2D eigenvalue weighted by atomic mass is 16.3. The Morgan fingerprint density at radius 2 is 1.89 bits per heavy atom. The summed E-state index contributed by atoms with van der Waals surface area (Å²) < 4.78 is 0. The molecular weight excluding hydrogens is 230 g/mol. The quantitative estimate of drug-likeness (QED) is 0.698. The first-order valence-electron chi connectivity index (χ1n) is 6.89. The zero-order valence-electron chi connectivity index (χ0n) is 11.9. The molecule has 1 fully saturated rings. The van der Waals surface area contributed by atoms with Crippen molar-refractivity contribution in [2.24, 2.45) is 0 Å². The van der Waals surface area contributed by atoms with E-state index in [1.54, 1.807) is 0 Å². The summed E-state index contributed by atoms with van der Waals surface area (Å²) in [4.78, 5) is 16.0. The number of piperidine rings is 1. The molecule has 0 spiro atoms. The number of aliphatic hydroxyl groups is 1. The van der Waals surface area contributed by atoms with Crippen LogP contribution in [0.25, 0.3) is 0 Å². The van der Waals surface area contributed by atoms with Crippen LogP contribution in [0.3, 0.4) is 0 Å². The minimum Gasteiger partial charge on any atom is -0.388 e. The van der Waals surface area contributed by atoms with E-state index in [9.17, 15) is 9.90 Å². The van der Waals surface area contributed by atoms with E-state index in [4.69, 9.17) is 0 Å². The number of hydrogen-bond acceptors (Lipinski definition) is 4. The van der Waals surface area contributed by atoms with Crippen LogP contribution in [0.2, 0.25) is 0 Å². The molecule has 0 aromatic carbocycles. The molecule has 1 aliphatic heterocycles. The Labute approximate surface area is 110 Å². The van der Waals surface area contributed by atoms with Crippen LogP contribution in [0, 0.1) is 0 Å². The molecule has 106 valence electrons. The predicted molar refractivity (Wildman–Crippen MR) is 72.5 cm³/mol. The minimum absolute atomic E-state index is 0.00560. The molecule has 2 N–H and O–H groups in total. The Morgan fingerprint density at radius 3 is 2.39 bits per heavy atom. The zero-order valence-corrected chi connectivity index (χ0v) is 11.9. The van der Waals surface area contributed by atoms with Gasteiger partial charge in [-0.25, -0.2) is 0 Å². The van der Waals surface area contributed by atoms with Crippen molar-refractivity contribution >= 4 is 5.91 Å². The number of nitrogens with one attached hydrogen (secondary N) is 1. The SMILES string of the molecule is CCN(CC)CC(=O)NCC1(O)CCN(C)CC1. The number of amides is 1. The Kier molecular flexibility index (Phi) is 6.05. The van der Waals surface area contributed by atoms with Crippen LogP contribution in [0.4, 0.5) is 0 Å². The number of nitrogens with zero attached hydrogens (tertiary/aromatic N) is 2. The number of hydrogen-bond donors (Lipinski definition) is 2. The van der Waals surface area contributed by atoms with Crippen molar-refractivity contribution in [2.75, 3.05) is 46.3 Å². The fourth-order valence-electron chi connectivity index (χ4n) is 2.18. The third-order valence-corrected chi connectivity index (χ3v) is 3.79. The van der Waals surface area contributed by atoms with Gasteiger partial charge in [-0.3, -0.25) is 9.69 Å². The fraction of sp³-hybridized carbons (Fsp3) is 0.923. The molecule has 0 aromatic heterocycles. The molecule has 0 unspecified atom stereocenters. The van der Waals surface area contributed by atoms with E-state index in [-0.39, 0.29) is 5.91 Å². The normalized spacial score (nSPS) is 20.1. The molecule has 0 atom stereocenters. The first-order chi connectivity index (χ1) is 8.49.